The molecule has 1 atom stereocenters. The first-order valence-corrected chi connectivity index (χ1v) is 11.2. The molecule has 0 aliphatic rings. The Bertz CT molecular complexity index is 1290. The van der Waals surface area contributed by atoms with Crippen molar-refractivity contribution in [3.63, 3.8) is 0 Å². The van der Waals surface area contributed by atoms with Crippen LogP contribution in [0.5, 0.6) is 0 Å². The van der Waals surface area contributed by atoms with E-state index < -0.39 is 23.5 Å². The molecule has 1 aromatic carbocycles. The zero-order chi connectivity index (χ0) is 25.5. The maximum atomic E-state index is 12.5. The van der Waals surface area contributed by atoms with E-state index in [1.807, 2.05) is 13.8 Å². The van der Waals surface area contributed by atoms with Crippen LogP contribution in [0.3, 0.4) is 0 Å². The number of aromatic amines is 1. The van der Waals surface area contributed by atoms with Gasteiger partial charge in [0.05, 0.1) is 18.4 Å². The number of anilines is 1. The Morgan fingerprint density at radius 2 is 1.83 bits per heavy atom. The summed E-state index contributed by atoms with van der Waals surface area (Å²) in [6.07, 6.45) is 2.06. The van der Waals surface area contributed by atoms with Gasteiger partial charge in [0.2, 0.25) is 0 Å². The molecule has 0 unspecified atom stereocenters. The summed E-state index contributed by atoms with van der Waals surface area (Å²) < 4.78 is 0. The van der Waals surface area contributed by atoms with Crippen molar-refractivity contribution in [2.75, 3.05) is 5.32 Å². The van der Waals surface area contributed by atoms with E-state index in [1.54, 1.807) is 37.4 Å². The van der Waals surface area contributed by atoms with Crippen LogP contribution in [0.15, 0.2) is 35.3 Å². The first kappa shape index (κ1) is 25.5. The van der Waals surface area contributed by atoms with Gasteiger partial charge in [0.25, 0.3) is 5.91 Å². The minimum absolute atomic E-state index is 0.0250. The van der Waals surface area contributed by atoms with Crippen molar-refractivity contribution in [3.05, 3.63) is 57.9 Å². The number of hydrogen-bond acceptors (Lipinski definition) is 8. The molecule has 3 aromatic rings. The fraction of sp³-hybridized carbons (Fsp3) is 0.375. The second kappa shape index (κ2) is 11.3. The molecule has 3 rings (SSSR count). The lowest BCUT2D eigenvalue weighted by Gasteiger charge is -2.15. The van der Waals surface area contributed by atoms with Gasteiger partial charge in [-0.1, -0.05) is 13.8 Å². The number of carboxylic acids is 1. The van der Waals surface area contributed by atoms with E-state index in [2.05, 4.69) is 30.6 Å². The molecular formula is C24H28N6O5. The van der Waals surface area contributed by atoms with Crippen LogP contribution in [0.2, 0.25) is 0 Å². The van der Waals surface area contributed by atoms with Crippen LogP contribution in [0.25, 0.3) is 11.2 Å². The third-order valence-corrected chi connectivity index (χ3v) is 5.17. The quantitative estimate of drug-likeness (QED) is 0.322. The van der Waals surface area contributed by atoms with Gasteiger partial charge in [0.1, 0.15) is 17.6 Å². The van der Waals surface area contributed by atoms with Crippen LogP contribution in [0.1, 0.15) is 55.0 Å². The Kier molecular flexibility index (Phi) is 8.24. The Balaban J connectivity index is 1.58. The predicted molar refractivity (Wildman–Crippen MR) is 129 cm³/mol. The molecule has 0 bridgehead atoms. The first-order valence-electron chi connectivity index (χ1n) is 11.2. The maximum Gasteiger partial charge on any atom is 0.326 e. The van der Waals surface area contributed by atoms with Gasteiger partial charge in [0.15, 0.2) is 11.2 Å². The van der Waals surface area contributed by atoms with E-state index in [1.165, 1.54) is 0 Å². The minimum atomic E-state index is -1.19. The number of carbonyl (C=O) groups is 3. The zero-order valence-electron chi connectivity index (χ0n) is 19.8. The average molecular weight is 481 g/mol. The number of ketones is 1. The van der Waals surface area contributed by atoms with Crippen molar-refractivity contribution in [3.8, 4) is 0 Å². The number of hydrogen-bond donors (Lipinski definition) is 4. The fourth-order valence-electron chi connectivity index (χ4n) is 3.45. The summed E-state index contributed by atoms with van der Waals surface area (Å²) in [5.74, 6) is -1.09. The lowest BCUT2D eigenvalue weighted by Crippen LogP contribution is -2.41. The SMILES string of the molecule is Cc1nc(=O)c2nc(CNc3ccc(C(=O)N[C@@H](CCC(=O)CC(C)C)C(=O)O)cc3)cnc2[nH]1. The predicted octanol–water partition coefficient (Wildman–Crippen LogP) is 2.21. The highest BCUT2D eigenvalue weighted by Gasteiger charge is 2.22. The van der Waals surface area contributed by atoms with E-state index in [9.17, 15) is 24.3 Å². The van der Waals surface area contributed by atoms with E-state index in [-0.39, 0.29) is 42.2 Å². The number of nitrogens with zero attached hydrogens (tertiary/aromatic N) is 3. The van der Waals surface area contributed by atoms with E-state index in [0.29, 0.717) is 29.3 Å². The zero-order valence-corrected chi connectivity index (χ0v) is 19.8. The maximum absolute atomic E-state index is 12.5. The second-order valence-electron chi connectivity index (χ2n) is 8.66. The summed E-state index contributed by atoms with van der Waals surface area (Å²) in [7, 11) is 0. The van der Waals surface area contributed by atoms with Crippen LogP contribution in [-0.2, 0) is 16.1 Å². The Morgan fingerprint density at radius 1 is 1.11 bits per heavy atom. The summed E-state index contributed by atoms with van der Waals surface area (Å²) in [6, 6.07) is 5.31. The van der Waals surface area contributed by atoms with Crippen molar-refractivity contribution in [1.82, 2.24) is 25.3 Å². The molecule has 2 heterocycles. The highest BCUT2D eigenvalue weighted by Crippen LogP contribution is 2.13. The van der Waals surface area contributed by atoms with Gasteiger partial charge in [-0.25, -0.2) is 14.8 Å². The standard InChI is InChI=1S/C24H28N6O5/c1-13(2)10-18(31)8-9-19(24(34)35)30-22(32)15-4-6-16(7-5-15)25-11-17-12-26-21-20(29-17)23(33)28-14(3)27-21/h4-7,12-13,19,25H,8-11H2,1-3H3,(H,30,32)(H,34,35)(H,26,27,28,33)/t19-/m0/s1. The molecule has 0 aliphatic carbocycles. The summed E-state index contributed by atoms with van der Waals surface area (Å²) in [5.41, 5.74) is 1.57. The number of aryl methyl sites for hydroxylation is 1. The van der Waals surface area contributed by atoms with Crippen molar-refractivity contribution >= 4 is 34.5 Å². The lowest BCUT2D eigenvalue weighted by molar-refractivity contribution is -0.139. The third-order valence-electron chi connectivity index (χ3n) is 5.17. The molecule has 0 saturated carbocycles. The molecule has 35 heavy (non-hydrogen) atoms. The summed E-state index contributed by atoms with van der Waals surface area (Å²) in [5, 5.41) is 15.0. The number of rotatable bonds is 11. The average Bonchev–Trinajstić information content (AvgIpc) is 2.80. The van der Waals surface area contributed by atoms with Gasteiger partial charge < -0.3 is 20.7 Å². The van der Waals surface area contributed by atoms with Crippen molar-refractivity contribution < 1.29 is 19.5 Å². The van der Waals surface area contributed by atoms with Crippen molar-refractivity contribution in [2.24, 2.45) is 5.92 Å². The van der Waals surface area contributed by atoms with E-state index in [4.69, 9.17) is 0 Å². The van der Waals surface area contributed by atoms with Gasteiger partial charge in [0, 0.05) is 24.1 Å². The Labute approximate surface area is 201 Å². The largest absolute Gasteiger partial charge is 0.480 e. The molecule has 11 heteroatoms. The van der Waals surface area contributed by atoms with E-state index >= 15 is 0 Å². The molecule has 0 fully saturated rings. The van der Waals surface area contributed by atoms with Gasteiger partial charge >= 0.3 is 11.5 Å². The first-order chi connectivity index (χ1) is 16.6. The number of benzene rings is 1. The lowest BCUT2D eigenvalue weighted by atomic mass is 10.0. The second-order valence-corrected chi connectivity index (χ2v) is 8.66. The number of carbonyl (C=O) groups excluding carboxylic acids is 2. The molecule has 1 amide bonds. The molecule has 2 aromatic heterocycles. The third kappa shape index (κ3) is 7.16. The number of aliphatic carboxylic acids is 1. The smallest absolute Gasteiger partial charge is 0.326 e. The van der Waals surface area contributed by atoms with Crippen molar-refractivity contribution in [1.29, 1.82) is 0 Å². The molecule has 11 nitrogen and oxygen atoms in total. The fourth-order valence-corrected chi connectivity index (χ4v) is 3.45. The Hall–Kier alpha value is -4.15. The van der Waals surface area contributed by atoms with Gasteiger partial charge in [-0.15, -0.1) is 0 Å². The molecule has 0 radical (unpaired) electrons. The summed E-state index contributed by atoms with van der Waals surface area (Å²) in [4.78, 5) is 63.2. The molecule has 0 aliphatic heterocycles. The van der Waals surface area contributed by atoms with Gasteiger partial charge in [-0.2, -0.15) is 4.98 Å². The number of aromatic nitrogens is 4. The van der Waals surface area contributed by atoms with Crippen LogP contribution in [-0.4, -0.2) is 48.7 Å². The number of fused-ring (bicyclic) bond motifs is 1. The van der Waals surface area contributed by atoms with Gasteiger partial charge in [-0.05, 0) is 43.5 Å². The topological polar surface area (TPSA) is 167 Å². The number of carboxylic acid groups (broad SMARTS) is 1. The van der Waals surface area contributed by atoms with Crippen LogP contribution in [0, 0.1) is 12.8 Å². The highest BCUT2D eigenvalue weighted by atomic mass is 16.4. The molecule has 0 saturated heterocycles. The normalized spacial score (nSPS) is 11.9. The monoisotopic (exact) mass is 480 g/mol. The number of H-pyrrole nitrogens is 1. The summed E-state index contributed by atoms with van der Waals surface area (Å²) >= 11 is 0. The van der Waals surface area contributed by atoms with Crippen molar-refractivity contribution in [2.45, 2.75) is 52.6 Å². The molecule has 184 valence electrons. The molecule has 4 N–H and O–H groups in total. The number of nitrogens with one attached hydrogen (secondary N) is 3. The van der Waals surface area contributed by atoms with Crippen LogP contribution >= 0.6 is 0 Å². The molecular weight excluding hydrogens is 452 g/mol. The van der Waals surface area contributed by atoms with Crippen LogP contribution < -0.4 is 16.2 Å². The highest BCUT2D eigenvalue weighted by molar-refractivity contribution is 5.97. The molecule has 0 spiro atoms. The number of Topliss-reactive ketones (excluding diaryl/α,β-unsaturated/α-hetero) is 1. The summed E-state index contributed by atoms with van der Waals surface area (Å²) in [6.45, 7) is 5.79. The van der Waals surface area contributed by atoms with E-state index in [0.717, 1.165) is 0 Å². The van der Waals surface area contributed by atoms with Crippen LogP contribution in [0.4, 0.5) is 5.69 Å². The Morgan fingerprint density at radius 3 is 2.49 bits per heavy atom. The minimum Gasteiger partial charge on any atom is -0.480 e. The number of amides is 1. The van der Waals surface area contributed by atoms with Gasteiger partial charge in [-0.3, -0.25) is 14.4 Å².